The van der Waals surface area contributed by atoms with Crippen LogP contribution in [-0.2, 0) is 9.53 Å². The minimum atomic E-state index is -0.488. The smallest absolute Gasteiger partial charge is 0.363 e. The third kappa shape index (κ3) is 4.83. The highest BCUT2D eigenvalue weighted by atomic mass is 79.9. The zero-order chi connectivity index (χ0) is 20.1. The molecule has 0 atom stereocenters. The molecule has 3 rings (SSSR count). The van der Waals surface area contributed by atoms with Gasteiger partial charge in [0.2, 0.25) is 5.90 Å². The highest BCUT2D eigenvalue weighted by Crippen LogP contribution is 2.38. The molecule has 28 heavy (non-hydrogen) atoms. The Bertz CT molecular complexity index is 936. The monoisotopic (exact) mass is 507 g/mol. The maximum absolute atomic E-state index is 12.3. The molecule has 0 N–H and O–H groups in total. The van der Waals surface area contributed by atoms with Gasteiger partial charge in [0.05, 0.1) is 17.7 Å². The predicted octanol–water partition coefficient (Wildman–Crippen LogP) is 5.74. The van der Waals surface area contributed by atoms with Gasteiger partial charge in [-0.15, -0.1) is 0 Å². The molecule has 0 saturated heterocycles. The van der Waals surface area contributed by atoms with E-state index < -0.39 is 5.97 Å². The second-order valence-electron chi connectivity index (χ2n) is 5.95. The summed E-state index contributed by atoms with van der Waals surface area (Å²) >= 11 is 6.91. The molecule has 0 aromatic heterocycles. The average molecular weight is 509 g/mol. The standard InChI is InChI=1S/C21H19Br2NO4/c1-3-9-27-19-16(23)10-13(12-18(19)26-4-2)11-17-21(25)28-20(24-17)14-5-7-15(22)8-6-14/h5-8,10-12H,3-4,9H2,1-2H3/b17-11-. The van der Waals surface area contributed by atoms with Gasteiger partial charge in [-0.05, 0) is 77.3 Å². The van der Waals surface area contributed by atoms with E-state index in [1.54, 1.807) is 6.08 Å². The zero-order valence-corrected chi connectivity index (χ0v) is 18.7. The number of esters is 1. The molecule has 0 unspecified atom stereocenters. The molecule has 0 spiro atoms. The number of halogens is 2. The molecule has 0 radical (unpaired) electrons. The van der Waals surface area contributed by atoms with Crippen molar-refractivity contribution in [2.24, 2.45) is 4.99 Å². The number of hydrogen-bond acceptors (Lipinski definition) is 5. The maximum atomic E-state index is 12.3. The topological polar surface area (TPSA) is 57.1 Å². The van der Waals surface area contributed by atoms with Crippen LogP contribution in [0.4, 0.5) is 0 Å². The highest BCUT2D eigenvalue weighted by Gasteiger charge is 2.24. The molecule has 0 aliphatic carbocycles. The van der Waals surface area contributed by atoms with E-state index in [1.165, 1.54) is 0 Å². The van der Waals surface area contributed by atoms with E-state index in [9.17, 15) is 4.79 Å². The minimum absolute atomic E-state index is 0.231. The van der Waals surface area contributed by atoms with Crippen LogP contribution < -0.4 is 9.47 Å². The molecule has 1 heterocycles. The molecule has 0 bridgehead atoms. The lowest BCUT2D eigenvalue weighted by molar-refractivity contribution is -0.129. The Balaban J connectivity index is 1.93. The SMILES string of the molecule is CCCOc1c(Br)cc(/C=C2\N=C(c3ccc(Br)cc3)OC2=O)cc1OCC. The minimum Gasteiger partial charge on any atom is -0.490 e. The van der Waals surface area contributed by atoms with E-state index in [2.05, 4.69) is 36.9 Å². The Morgan fingerprint density at radius 3 is 2.54 bits per heavy atom. The lowest BCUT2D eigenvalue weighted by Crippen LogP contribution is -2.05. The summed E-state index contributed by atoms with van der Waals surface area (Å²) in [5, 5.41) is 0. The van der Waals surface area contributed by atoms with E-state index in [4.69, 9.17) is 14.2 Å². The van der Waals surface area contributed by atoms with Crippen molar-refractivity contribution in [1.29, 1.82) is 0 Å². The van der Waals surface area contributed by atoms with Crippen molar-refractivity contribution in [1.82, 2.24) is 0 Å². The second-order valence-corrected chi connectivity index (χ2v) is 7.72. The Morgan fingerprint density at radius 2 is 1.86 bits per heavy atom. The molecule has 0 saturated carbocycles. The van der Waals surface area contributed by atoms with Gasteiger partial charge in [-0.2, -0.15) is 0 Å². The second kappa shape index (κ2) is 9.39. The van der Waals surface area contributed by atoms with Crippen LogP contribution in [0.5, 0.6) is 11.5 Å². The molecule has 0 fully saturated rings. The summed E-state index contributed by atoms with van der Waals surface area (Å²) in [4.78, 5) is 16.6. The lowest BCUT2D eigenvalue weighted by atomic mass is 10.1. The number of nitrogens with zero attached hydrogens (tertiary/aromatic N) is 1. The van der Waals surface area contributed by atoms with Crippen LogP contribution in [0.25, 0.3) is 6.08 Å². The molecule has 1 aliphatic heterocycles. The number of hydrogen-bond donors (Lipinski definition) is 0. The van der Waals surface area contributed by atoms with E-state index >= 15 is 0 Å². The van der Waals surface area contributed by atoms with Crippen molar-refractivity contribution in [3.63, 3.8) is 0 Å². The molecular weight excluding hydrogens is 490 g/mol. The highest BCUT2D eigenvalue weighted by molar-refractivity contribution is 9.10. The van der Waals surface area contributed by atoms with Crippen LogP contribution in [0, 0.1) is 0 Å². The molecule has 5 nitrogen and oxygen atoms in total. The summed E-state index contributed by atoms with van der Waals surface area (Å²) in [6.45, 7) is 5.04. The molecule has 146 valence electrons. The van der Waals surface area contributed by atoms with Crippen LogP contribution in [0.1, 0.15) is 31.4 Å². The van der Waals surface area contributed by atoms with Crippen molar-refractivity contribution < 1.29 is 19.0 Å². The van der Waals surface area contributed by atoms with Crippen molar-refractivity contribution in [2.75, 3.05) is 13.2 Å². The van der Waals surface area contributed by atoms with Crippen LogP contribution in [0.2, 0.25) is 0 Å². The van der Waals surface area contributed by atoms with E-state index in [1.807, 2.05) is 50.2 Å². The molecule has 2 aromatic rings. The van der Waals surface area contributed by atoms with Gasteiger partial charge in [0.1, 0.15) is 0 Å². The van der Waals surface area contributed by atoms with Crippen molar-refractivity contribution in [3.8, 4) is 11.5 Å². The van der Waals surface area contributed by atoms with Gasteiger partial charge in [0.15, 0.2) is 17.2 Å². The normalized spacial score (nSPS) is 14.8. The molecule has 0 amide bonds. The molecule has 1 aliphatic rings. The van der Waals surface area contributed by atoms with Crippen LogP contribution in [-0.4, -0.2) is 25.1 Å². The quantitative estimate of drug-likeness (QED) is 0.353. The summed E-state index contributed by atoms with van der Waals surface area (Å²) in [5.41, 5.74) is 1.72. The summed E-state index contributed by atoms with van der Waals surface area (Å²) in [6.07, 6.45) is 2.56. The van der Waals surface area contributed by atoms with Gasteiger partial charge in [-0.25, -0.2) is 9.79 Å². The number of cyclic esters (lactones) is 1. The predicted molar refractivity (Wildman–Crippen MR) is 116 cm³/mol. The Morgan fingerprint density at radius 1 is 1.11 bits per heavy atom. The number of ether oxygens (including phenoxy) is 3. The molecular formula is C21H19Br2NO4. The van der Waals surface area contributed by atoms with Gasteiger partial charge < -0.3 is 14.2 Å². The first-order valence-corrected chi connectivity index (χ1v) is 10.5. The zero-order valence-electron chi connectivity index (χ0n) is 15.5. The Labute approximate surface area is 180 Å². The number of carbonyl (C=O) groups excluding carboxylic acids is 1. The van der Waals surface area contributed by atoms with Crippen LogP contribution in [0.3, 0.4) is 0 Å². The third-order valence-electron chi connectivity index (χ3n) is 3.80. The fourth-order valence-corrected chi connectivity index (χ4v) is 3.40. The summed E-state index contributed by atoms with van der Waals surface area (Å²) < 4.78 is 18.5. The van der Waals surface area contributed by atoms with Crippen molar-refractivity contribution in [3.05, 3.63) is 62.2 Å². The van der Waals surface area contributed by atoms with E-state index in [0.717, 1.165) is 26.5 Å². The maximum Gasteiger partial charge on any atom is 0.363 e. The number of aliphatic imine (C=N–C) groups is 1. The van der Waals surface area contributed by atoms with E-state index in [-0.39, 0.29) is 11.6 Å². The van der Waals surface area contributed by atoms with Gasteiger partial charge in [0.25, 0.3) is 0 Å². The van der Waals surface area contributed by atoms with E-state index in [0.29, 0.717) is 24.7 Å². The van der Waals surface area contributed by atoms with Crippen LogP contribution in [0.15, 0.2) is 56.0 Å². The third-order valence-corrected chi connectivity index (χ3v) is 4.91. The first-order valence-electron chi connectivity index (χ1n) is 8.89. The largest absolute Gasteiger partial charge is 0.490 e. The van der Waals surface area contributed by atoms with Gasteiger partial charge in [0, 0.05) is 10.0 Å². The van der Waals surface area contributed by atoms with Gasteiger partial charge >= 0.3 is 5.97 Å². The van der Waals surface area contributed by atoms with Crippen LogP contribution >= 0.6 is 31.9 Å². The number of benzene rings is 2. The van der Waals surface area contributed by atoms with Gasteiger partial charge in [-0.1, -0.05) is 22.9 Å². The molecule has 7 heteroatoms. The van der Waals surface area contributed by atoms with Crippen molar-refractivity contribution >= 4 is 49.8 Å². The number of carbonyl (C=O) groups is 1. The first kappa shape index (κ1) is 20.6. The summed E-state index contributed by atoms with van der Waals surface area (Å²) in [6, 6.07) is 11.1. The molecule has 2 aromatic carbocycles. The fourth-order valence-electron chi connectivity index (χ4n) is 2.56. The van der Waals surface area contributed by atoms with Crippen molar-refractivity contribution in [2.45, 2.75) is 20.3 Å². The lowest BCUT2D eigenvalue weighted by Gasteiger charge is -2.14. The Kier molecular flexibility index (Phi) is 6.91. The summed E-state index contributed by atoms with van der Waals surface area (Å²) in [5.74, 6) is 1.06. The summed E-state index contributed by atoms with van der Waals surface area (Å²) in [7, 11) is 0. The fraction of sp³-hybridized carbons (Fsp3) is 0.238. The van der Waals surface area contributed by atoms with Gasteiger partial charge in [-0.3, -0.25) is 0 Å². The Hall–Kier alpha value is -2.12. The first-order chi connectivity index (χ1) is 13.5. The number of rotatable bonds is 7. The average Bonchev–Trinajstić information content (AvgIpc) is 3.02.